The highest BCUT2D eigenvalue weighted by molar-refractivity contribution is 5.21. The number of aliphatic hydroxyl groups is 1. The molecule has 1 aliphatic heterocycles. The molecule has 1 fully saturated rings. The Labute approximate surface area is 119 Å². The summed E-state index contributed by atoms with van der Waals surface area (Å²) in [6.45, 7) is 4.14. The molecule has 0 amide bonds. The first-order valence-corrected chi connectivity index (χ1v) is 7.23. The fourth-order valence-electron chi connectivity index (χ4n) is 3.08. The molecule has 2 unspecified atom stereocenters. The predicted octanol–water partition coefficient (Wildman–Crippen LogP) is 3.15. The van der Waals surface area contributed by atoms with Crippen LogP contribution in [0.25, 0.3) is 0 Å². The van der Waals surface area contributed by atoms with Crippen molar-refractivity contribution in [3.63, 3.8) is 0 Å². The van der Waals surface area contributed by atoms with E-state index in [-0.39, 0.29) is 6.61 Å². The van der Waals surface area contributed by atoms with Crippen LogP contribution in [0.5, 0.6) is 0 Å². The molecule has 20 heavy (non-hydrogen) atoms. The van der Waals surface area contributed by atoms with Gasteiger partial charge >= 0.3 is 0 Å². The first-order chi connectivity index (χ1) is 9.76. The van der Waals surface area contributed by atoms with Gasteiger partial charge in [0.2, 0.25) is 0 Å². The third-order valence-corrected chi connectivity index (χ3v) is 4.21. The molecule has 0 spiro atoms. The fourth-order valence-corrected chi connectivity index (χ4v) is 3.08. The summed E-state index contributed by atoms with van der Waals surface area (Å²) < 4.78 is 5.59. The van der Waals surface area contributed by atoms with Gasteiger partial charge in [-0.3, -0.25) is 4.90 Å². The maximum atomic E-state index is 9.05. The molecule has 1 N–H and O–H groups in total. The zero-order chi connectivity index (χ0) is 13.9. The van der Waals surface area contributed by atoms with Crippen LogP contribution >= 0.6 is 0 Å². The lowest BCUT2D eigenvalue weighted by molar-refractivity contribution is 0.215. The minimum absolute atomic E-state index is 0.0256. The average Bonchev–Trinajstić information content (AvgIpc) is 3.08. The summed E-state index contributed by atoms with van der Waals surface area (Å²) in [6, 6.07) is 15.1. The number of benzene rings is 1. The van der Waals surface area contributed by atoms with Crippen LogP contribution in [-0.4, -0.2) is 22.6 Å². The third kappa shape index (κ3) is 2.79. The molecule has 0 saturated carbocycles. The predicted molar refractivity (Wildman–Crippen MR) is 78.3 cm³/mol. The van der Waals surface area contributed by atoms with Gasteiger partial charge in [0, 0.05) is 12.6 Å². The molecule has 3 rings (SSSR count). The van der Waals surface area contributed by atoms with Crippen LogP contribution in [0.15, 0.2) is 46.9 Å². The number of aliphatic hydroxyl groups excluding tert-OH is 1. The second kappa shape index (κ2) is 5.81. The number of rotatable bonds is 4. The summed E-state index contributed by atoms with van der Waals surface area (Å²) >= 11 is 0. The van der Waals surface area contributed by atoms with Gasteiger partial charge in [0.1, 0.15) is 18.1 Å². The molecule has 2 atom stereocenters. The van der Waals surface area contributed by atoms with Crippen LogP contribution in [0, 0.1) is 0 Å². The normalized spacial score (nSPS) is 23.3. The van der Waals surface area contributed by atoms with Crippen molar-refractivity contribution in [1.82, 2.24) is 4.90 Å². The van der Waals surface area contributed by atoms with Crippen molar-refractivity contribution in [1.29, 1.82) is 0 Å². The van der Waals surface area contributed by atoms with E-state index in [0.717, 1.165) is 18.8 Å². The van der Waals surface area contributed by atoms with Gasteiger partial charge in [-0.15, -0.1) is 0 Å². The maximum Gasteiger partial charge on any atom is 0.129 e. The number of likely N-dealkylation sites (tertiary alicyclic amines) is 1. The minimum Gasteiger partial charge on any atom is -0.462 e. The molecule has 2 heterocycles. The molecule has 0 bridgehead atoms. The molecular formula is C17H21NO2. The van der Waals surface area contributed by atoms with E-state index >= 15 is 0 Å². The number of nitrogens with zero attached hydrogens (tertiary/aromatic N) is 1. The van der Waals surface area contributed by atoms with Crippen molar-refractivity contribution in [2.24, 2.45) is 0 Å². The molecule has 3 heteroatoms. The van der Waals surface area contributed by atoms with Crippen LogP contribution in [0.2, 0.25) is 0 Å². The minimum atomic E-state index is -0.0256. The summed E-state index contributed by atoms with van der Waals surface area (Å²) in [5, 5.41) is 9.05. The standard InChI is InChI=1S/C17H21NO2/c1-13-9-15(14-5-3-2-4-6-14)10-18(13)11-16-7-8-17(12-19)20-16/h2-8,13,15,19H,9-12H2,1H3. The molecule has 1 aromatic heterocycles. The summed E-state index contributed by atoms with van der Waals surface area (Å²) in [7, 11) is 0. The molecule has 0 radical (unpaired) electrons. The highest BCUT2D eigenvalue weighted by Crippen LogP contribution is 2.32. The third-order valence-electron chi connectivity index (χ3n) is 4.21. The molecule has 1 saturated heterocycles. The van der Waals surface area contributed by atoms with Crippen LogP contribution in [-0.2, 0) is 13.2 Å². The number of hydrogen-bond acceptors (Lipinski definition) is 3. The van der Waals surface area contributed by atoms with E-state index in [1.165, 1.54) is 12.0 Å². The Kier molecular flexibility index (Phi) is 3.90. The van der Waals surface area contributed by atoms with Gasteiger partial charge in [0.05, 0.1) is 6.54 Å². The lowest BCUT2D eigenvalue weighted by atomic mass is 9.97. The number of furan rings is 1. The van der Waals surface area contributed by atoms with Gasteiger partial charge in [-0.1, -0.05) is 30.3 Å². The highest BCUT2D eigenvalue weighted by Gasteiger charge is 2.30. The van der Waals surface area contributed by atoms with Crippen molar-refractivity contribution in [3.8, 4) is 0 Å². The Morgan fingerprint density at radius 1 is 1.15 bits per heavy atom. The van der Waals surface area contributed by atoms with E-state index in [2.05, 4.69) is 42.2 Å². The fraction of sp³-hybridized carbons (Fsp3) is 0.412. The van der Waals surface area contributed by atoms with Crippen LogP contribution in [0.4, 0.5) is 0 Å². The van der Waals surface area contributed by atoms with Crippen molar-refractivity contribution in [2.75, 3.05) is 6.54 Å². The summed E-state index contributed by atoms with van der Waals surface area (Å²) in [4.78, 5) is 2.46. The van der Waals surface area contributed by atoms with Gasteiger partial charge in [0.25, 0.3) is 0 Å². The van der Waals surface area contributed by atoms with Crippen molar-refractivity contribution < 1.29 is 9.52 Å². The molecule has 1 aliphatic rings. The van der Waals surface area contributed by atoms with Crippen molar-refractivity contribution in [2.45, 2.75) is 38.5 Å². The second-order valence-electron chi connectivity index (χ2n) is 5.65. The first-order valence-electron chi connectivity index (χ1n) is 7.23. The SMILES string of the molecule is CC1CC(c2ccccc2)CN1Cc1ccc(CO)o1. The summed E-state index contributed by atoms with van der Waals surface area (Å²) in [5.41, 5.74) is 1.43. The average molecular weight is 271 g/mol. The zero-order valence-electron chi connectivity index (χ0n) is 11.8. The molecule has 0 aliphatic carbocycles. The van der Waals surface area contributed by atoms with E-state index < -0.39 is 0 Å². The summed E-state index contributed by atoms with van der Waals surface area (Å²) in [6.07, 6.45) is 1.19. The zero-order valence-corrected chi connectivity index (χ0v) is 11.8. The molecule has 2 aromatic rings. The molecular weight excluding hydrogens is 250 g/mol. The summed E-state index contributed by atoms with van der Waals surface area (Å²) in [5.74, 6) is 2.19. The van der Waals surface area contributed by atoms with Gasteiger partial charge in [-0.25, -0.2) is 0 Å². The van der Waals surface area contributed by atoms with Crippen molar-refractivity contribution >= 4 is 0 Å². The Morgan fingerprint density at radius 3 is 2.60 bits per heavy atom. The van der Waals surface area contributed by atoms with E-state index in [0.29, 0.717) is 17.7 Å². The monoisotopic (exact) mass is 271 g/mol. The Morgan fingerprint density at radius 2 is 1.90 bits per heavy atom. The van der Waals surface area contributed by atoms with Crippen LogP contribution in [0.3, 0.4) is 0 Å². The van der Waals surface area contributed by atoms with Crippen LogP contribution in [0.1, 0.15) is 36.3 Å². The smallest absolute Gasteiger partial charge is 0.129 e. The highest BCUT2D eigenvalue weighted by atomic mass is 16.4. The molecule has 1 aromatic carbocycles. The van der Waals surface area contributed by atoms with E-state index in [9.17, 15) is 0 Å². The largest absolute Gasteiger partial charge is 0.462 e. The molecule has 106 valence electrons. The van der Waals surface area contributed by atoms with E-state index in [1.807, 2.05) is 12.1 Å². The van der Waals surface area contributed by atoms with E-state index in [1.54, 1.807) is 0 Å². The van der Waals surface area contributed by atoms with Gasteiger partial charge in [-0.05, 0) is 37.0 Å². The maximum absolute atomic E-state index is 9.05. The number of hydrogen-bond donors (Lipinski definition) is 1. The van der Waals surface area contributed by atoms with Crippen molar-refractivity contribution in [3.05, 3.63) is 59.5 Å². The Balaban J connectivity index is 1.66. The Hall–Kier alpha value is -1.58. The lowest BCUT2D eigenvalue weighted by Gasteiger charge is -2.19. The molecule has 3 nitrogen and oxygen atoms in total. The van der Waals surface area contributed by atoms with E-state index in [4.69, 9.17) is 9.52 Å². The lowest BCUT2D eigenvalue weighted by Crippen LogP contribution is -2.26. The van der Waals surface area contributed by atoms with Gasteiger partial charge in [-0.2, -0.15) is 0 Å². The Bertz CT molecular complexity index is 549. The second-order valence-corrected chi connectivity index (χ2v) is 5.65. The quantitative estimate of drug-likeness (QED) is 0.928. The van der Waals surface area contributed by atoms with Crippen LogP contribution < -0.4 is 0 Å². The topological polar surface area (TPSA) is 36.6 Å². The first kappa shape index (κ1) is 13.4. The van der Waals surface area contributed by atoms with Gasteiger partial charge in [0.15, 0.2) is 0 Å². The van der Waals surface area contributed by atoms with Gasteiger partial charge < -0.3 is 9.52 Å².